The monoisotopic (exact) mass is 434 g/mol. The van der Waals surface area contributed by atoms with Crippen molar-refractivity contribution in [1.82, 2.24) is 19.8 Å². The van der Waals surface area contributed by atoms with Crippen molar-refractivity contribution in [3.8, 4) is 11.3 Å². The Morgan fingerprint density at radius 2 is 2.16 bits per heavy atom. The lowest BCUT2D eigenvalue weighted by molar-refractivity contribution is -0.159. The SMILES string of the molecule is C=Cn1cc(CN2CCC[C@](Cc3cc(-c4ccccc4)no3)(C(=O)OCC)C2)c(C)n1. The Morgan fingerprint density at radius 3 is 2.88 bits per heavy atom. The van der Waals surface area contributed by atoms with Crippen LogP contribution in [0.4, 0.5) is 0 Å². The Labute approximate surface area is 188 Å². The van der Waals surface area contributed by atoms with E-state index in [9.17, 15) is 4.79 Å². The molecule has 0 spiro atoms. The minimum absolute atomic E-state index is 0.166. The standard InChI is InChI=1S/C25H30N4O3/c1-4-29-17-21(19(3)26-29)16-28-13-9-12-25(18-28,24(30)31-5-2)15-22-14-23(27-32-22)20-10-7-6-8-11-20/h4,6-8,10-11,14,17H,1,5,9,12-13,15-16,18H2,2-3H3/t25-/m1/s1. The largest absolute Gasteiger partial charge is 0.466 e. The molecule has 0 bridgehead atoms. The average molecular weight is 435 g/mol. The van der Waals surface area contributed by atoms with Gasteiger partial charge in [-0.25, -0.2) is 4.68 Å². The second-order valence-electron chi connectivity index (χ2n) is 8.44. The predicted octanol–water partition coefficient (Wildman–Crippen LogP) is 4.34. The Balaban J connectivity index is 1.56. The molecule has 4 rings (SSSR count). The highest BCUT2D eigenvalue weighted by Gasteiger charge is 2.44. The number of piperidine rings is 1. The fourth-order valence-electron chi connectivity index (χ4n) is 4.51. The normalized spacial score (nSPS) is 19.1. The summed E-state index contributed by atoms with van der Waals surface area (Å²) in [6.45, 7) is 10.2. The highest BCUT2D eigenvalue weighted by Crippen LogP contribution is 2.37. The summed E-state index contributed by atoms with van der Waals surface area (Å²) in [7, 11) is 0. The van der Waals surface area contributed by atoms with Crippen LogP contribution in [0.2, 0.25) is 0 Å². The molecule has 1 aliphatic heterocycles. The summed E-state index contributed by atoms with van der Waals surface area (Å²) in [5.41, 5.74) is 3.22. The third-order valence-corrected chi connectivity index (χ3v) is 6.10. The van der Waals surface area contributed by atoms with Crippen molar-refractivity contribution >= 4 is 12.2 Å². The number of carbonyl (C=O) groups is 1. The van der Waals surface area contributed by atoms with Crippen LogP contribution in [0.1, 0.15) is 36.8 Å². The Hall–Kier alpha value is -3.19. The zero-order valence-corrected chi connectivity index (χ0v) is 18.8. The summed E-state index contributed by atoms with van der Waals surface area (Å²) in [6.07, 6.45) is 5.81. The molecule has 7 heteroatoms. The van der Waals surface area contributed by atoms with Crippen LogP contribution in [0.5, 0.6) is 0 Å². The van der Waals surface area contributed by atoms with Gasteiger partial charge in [-0.05, 0) is 33.2 Å². The van der Waals surface area contributed by atoms with E-state index < -0.39 is 5.41 Å². The topological polar surface area (TPSA) is 73.4 Å². The number of esters is 1. The van der Waals surface area contributed by atoms with E-state index in [0.717, 1.165) is 48.4 Å². The van der Waals surface area contributed by atoms with Crippen LogP contribution in [-0.2, 0) is 22.5 Å². The van der Waals surface area contributed by atoms with Crippen LogP contribution in [0.25, 0.3) is 17.5 Å². The fraction of sp³-hybridized carbons (Fsp3) is 0.400. The van der Waals surface area contributed by atoms with Gasteiger partial charge in [0.2, 0.25) is 0 Å². The summed E-state index contributed by atoms with van der Waals surface area (Å²) in [6, 6.07) is 11.8. The maximum atomic E-state index is 13.2. The van der Waals surface area contributed by atoms with E-state index >= 15 is 0 Å². The lowest BCUT2D eigenvalue weighted by atomic mass is 9.76. The molecule has 0 aliphatic carbocycles. The van der Waals surface area contributed by atoms with Gasteiger partial charge in [0.15, 0.2) is 0 Å². The number of rotatable bonds is 8. The van der Waals surface area contributed by atoms with Gasteiger partial charge >= 0.3 is 5.97 Å². The molecule has 0 unspecified atom stereocenters. The molecular weight excluding hydrogens is 404 g/mol. The van der Waals surface area contributed by atoms with E-state index in [2.05, 4.69) is 21.7 Å². The van der Waals surface area contributed by atoms with Crippen LogP contribution in [0, 0.1) is 12.3 Å². The Morgan fingerprint density at radius 1 is 1.34 bits per heavy atom. The van der Waals surface area contributed by atoms with Crippen LogP contribution in [-0.4, -0.2) is 45.5 Å². The van der Waals surface area contributed by atoms with E-state index in [1.54, 1.807) is 10.9 Å². The van der Waals surface area contributed by atoms with Crippen molar-refractivity contribution in [3.05, 3.63) is 66.2 Å². The lowest BCUT2D eigenvalue weighted by Gasteiger charge is -2.40. The second-order valence-corrected chi connectivity index (χ2v) is 8.44. The van der Waals surface area contributed by atoms with Crippen LogP contribution in [0.15, 0.2) is 53.7 Å². The second kappa shape index (κ2) is 9.53. The van der Waals surface area contributed by atoms with Gasteiger partial charge in [-0.2, -0.15) is 5.10 Å². The molecule has 0 N–H and O–H groups in total. The van der Waals surface area contributed by atoms with Crippen molar-refractivity contribution in [2.24, 2.45) is 5.41 Å². The van der Waals surface area contributed by atoms with E-state index in [-0.39, 0.29) is 5.97 Å². The van der Waals surface area contributed by atoms with Crippen LogP contribution < -0.4 is 0 Å². The average Bonchev–Trinajstić information content (AvgIpc) is 3.41. The molecule has 1 aromatic carbocycles. The first-order valence-electron chi connectivity index (χ1n) is 11.1. The predicted molar refractivity (Wildman–Crippen MR) is 123 cm³/mol. The number of ether oxygens (including phenoxy) is 1. The molecule has 168 valence electrons. The Bertz CT molecular complexity index is 1070. The highest BCUT2D eigenvalue weighted by atomic mass is 16.5. The number of carbonyl (C=O) groups excluding carboxylic acids is 1. The minimum Gasteiger partial charge on any atom is -0.466 e. The fourth-order valence-corrected chi connectivity index (χ4v) is 4.51. The van der Waals surface area contributed by atoms with Crippen molar-refractivity contribution in [2.45, 2.75) is 39.7 Å². The number of hydrogen-bond donors (Lipinski definition) is 0. The first-order chi connectivity index (χ1) is 15.5. The van der Waals surface area contributed by atoms with E-state index in [4.69, 9.17) is 9.26 Å². The molecule has 2 aromatic heterocycles. The first-order valence-corrected chi connectivity index (χ1v) is 11.1. The van der Waals surface area contributed by atoms with Crippen molar-refractivity contribution < 1.29 is 14.1 Å². The third-order valence-electron chi connectivity index (χ3n) is 6.10. The number of hydrogen-bond acceptors (Lipinski definition) is 6. The third kappa shape index (κ3) is 4.67. The van der Waals surface area contributed by atoms with Crippen LogP contribution >= 0.6 is 0 Å². The number of nitrogens with zero attached hydrogens (tertiary/aromatic N) is 4. The first kappa shape index (κ1) is 22.0. The molecule has 32 heavy (non-hydrogen) atoms. The summed E-state index contributed by atoms with van der Waals surface area (Å²) in [5.74, 6) is 0.537. The van der Waals surface area contributed by atoms with Gasteiger partial charge in [0.1, 0.15) is 11.5 Å². The van der Waals surface area contributed by atoms with E-state index in [0.29, 0.717) is 25.3 Å². The van der Waals surface area contributed by atoms with Crippen molar-refractivity contribution in [3.63, 3.8) is 0 Å². The van der Waals surface area contributed by atoms with Gasteiger partial charge in [0.25, 0.3) is 0 Å². The molecule has 7 nitrogen and oxygen atoms in total. The molecule has 3 heterocycles. The maximum Gasteiger partial charge on any atom is 0.313 e. The maximum absolute atomic E-state index is 13.2. The van der Waals surface area contributed by atoms with Gasteiger partial charge in [0, 0.05) is 49.1 Å². The number of benzene rings is 1. The smallest absolute Gasteiger partial charge is 0.313 e. The van der Waals surface area contributed by atoms with Crippen LogP contribution in [0.3, 0.4) is 0 Å². The summed E-state index contributed by atoms with van der Waals surface area (Å²) in [4.78, 5) is 15.5. The summed E-state index contributed by atoms with van der Waals surface area (Å²) >= 11 is 0. The van der Waals surface area contributed by atoms with Gasteiger partial charge in [-0.3, -0.25) is 9.69 Å². The highest BCUT2D eigenvalue weighted by molar-refractivity contribution is 5.77. The quantitative estimate of drug-likeness (QED) is 0.491. The van der Waals surface area contributed by atoms with E-state index in [1.165, 1.54) is 0 Å². The molecule has 1 aliphatic rings. The summed E-state index contributed by atoms with van der Waals surface area (Å²) in [5, 5.41) is 8.69. The van der Waals surface area contributed by atoms with Gasteiger partial charge in [-0.15, -0.1) is 0 Å². The van der Waals surface area contributed by atoms with Gasteiger partial charge < -0.3 is 9.26 Å². The minimum atomic E-state index is -0.663. The zero-order valence-electron chi connectivity index (χ0n) is 18.8. The lowest BCUT2D eigenvalue weighted by Crippen LogP contribution is -2.49. The Kier molecular flexibility index (Phi) is 6.55. The molecule has 0 amide bonds. The van der Waals surface area contributed by atoms with Gasteiger partial charge in [-0.1, -0.05) is 42.1 Å². The molecule has 1 atom stereocenters. The molecule has 1 fully saturated rings. The number of aromatic nitrogens is 3. The van der Waals surface area contributed by atoms with Gasteiger partial charge in [0.05, 0.1) is 17.7 Å². The molecular formula is C25H30N4O3. The zero-order chi connectivity index (χ0) is 22.6. The van der Waals surface area contributed by atoms with Crippen molar-refractivity contribution in [2.75, 3.05) is 19.7 Å². The molecule has 0 radical (unpaired) electrons. The van der Waals surface area contributed by atoms with E-state index in [1.807, 2.05) is 56.4 Å². The van der Waals surface area contributed by atoms with Crippen molar-refractivity contribution in [1.29, 1.82) is 0 Å². The molecule has 3 aromatic rings. The summed E-state index contributed by atoms with van der Waals surface area (Å²) < 4.78 is 12.9. The molecule has 1 saturated heterocycles. The number of aryl methyl sites for hydroxylation is 1. The number of likely N-dealkylation sites (tertiary alicyclic amines) is 1. The molecule has 0 saturated carbocycles.